The van der Waals surface area contributed by atoms with Crippen molar-refractivity contribution in [2.45, 2.75) is 46.1 Å². The van der Waals surface area contributed by atoms with Gasteiger partial charge in [0.25, 0.3) is 0 Å². The van der Waals surface area contributed by atoms with Crippen LogP contribution in [0.4, 0.5) is 0 Å². The van der Waals surface area contributed by atoms with Crippen LogP contribution >= 0.6 is 0 Å². The lowest BCUT2D eigenvalue weighted by Gasteiger charge is -2.10. The quantitative estimate of drug-likeness (QED) is 0.600. The summed E-state index contributed by atoms with van der Waals surface area (Å²) in [6.45, 7) is 7.83. The standard InChI is InChI=1S/C10H22O2/c1-4-5-10(11)6-7-12-8-9(2)3/h9-11H,4-8H2,1-3H3. The van der Waals surface area contributed by atoms with Gasteiger partial charge < -0.3 is 9.84 Å². The van der Waals surface area contributed by atoms with Crippen molar-refractivity contribution in [2.75, 3.05) is 13.2 Å². The van der Waals surface area contributed by atoms with Gasteiger partial charge in [-0.05, 0) is 18.8 Å². The van der Waals surface area contributed by atoms with E-state index in [2.05, 4.69) is 20.8 Å². The van der Waals surface area contributed by atoms with Crippen LogP contribution in [0, 0.1) is 5.92 Å². The maximum atomic E-state index is 9.33. The molecule has 0 saturated heterocycles. The molecule has 74 valence electrons. The molecule has 0 bridgehead atoms. The van der Waals surface area contributed by atoms with Gasteiger partial charge in [-0.3, -0.25) is 0 Å². The topological polar surface area (TPSA) is 29.5 Å². The fourth-order valence-electron chi connectivity index (χ4n) is 1.02. The molecule has 0 fully saturated rings. The van der Waals surface area contributed by atoms with Gasteiger partial charge in [0, 0.05) is 13.2 Å². The summed E-state index contributed by atoms with van der Waals surface area (Å²) in [4.78, 5) is 0. The summed E-state index contributed by atoms with van der Waals surface area (Å²) < 4.78 is 5.35. The summed E-state index contributed by atoms with van der Waals surface area (Å²) in [6.07, 6.45) is 2.55. The molecule has 0 spiro atoms. The minimum atomic E-state index is -0.165. The SMILES string of the molecule is CCCC(O)CCOCC(C)C. The third-order valence-corrected chi connectivity index (χ3v) is 1.67. The number of rotatable bonds is 7. The molecule has 0 aliphatic rings. The first kappa shape index (κ1) is 11.9. The first-order chi connectivity index (χ1) is 5.66. The Labute approximate surface area is 75.9 Å². The van der Waals surface area contributed by atoms with Gasteiger partial charge in [-0.25, -0.2) is 0 Å². The van der Waals surface area contributed by atoms with Gasteiger partial charge in [0.05, 0.1) is 6.10 Å². The lowest BCUT2D eigenvalue weighted by atomic mass is 10.1. The van der Waals surface area contributed by atoms with Gasteiger partial charge >= 0.3 is 0 Å². The van der Waals surface area contributed by atoms with E-state index in [4.69, 9.17) is 4.74 Å². The Hall–Kier alpha value is -0.0800. The molecule has 2 nitrogen and oxygen atoms in total. The van der Waals surface area contributed by atoms with E-state index in [0.717, 1.165) is 25.9 Å². The first-order valence-electron chi connectivity index (χ1n) is 4.92. The summed E-state index contributed by atoms with van der Waals surface area (Å²) in [5.41, 5.74) is 0. The molecule has 1 N–H and O–H groups in total. The molecule has 0 aromatic rings. The van der Waals surface area contributed by atoms with E-state index in [1.807, 2.05) is 0 Å². The second-order valence-electron chi connectivity index (χ2n) is 3.70. The van der Waals surface area contributed by atoms with Crippen LogP contribution in [0.5, 0.6) is 0 Å². The van der Waals surface area contributed by atoms with Crippen molar-refractivity contribution in [1.82, 2.24) is 0 Å². The number of aliphatic hydroxyl groups excluding tert-OH is 1. The van der Waals surface area contributed by atoms with Crippen LogP contribution in [-0.2, 0) is 4.74 Å². The molecule has 0 aliphatic heterocycles. The zero-order chi connectivity index (χ0) is 9.40. The van der Waals surface area contributed by atoms with Crippen LogP contribution in [0.2, 0.25) is 0 Å². The number of hydrogen-bond donors (Lipinski definition) is 1. The largest absolute Gasteiger partial charge is 0.393 e. The second kappa shape index (κ2) is 7.56. The maximum Gasteiger partial charge on any atom is 0.0562 e. The molecule has 0 aromatic heterocycles. The van der Waals surface area contributed by atoms with Crippen LogP contribution in [-0.4, -0.2) is 24.4 Å². The molecule has 1 unspecified atom stereocenters. The second-order valence-corrected chi connectivity index (χ2v) is 3.70. The van der Waals surface area contributed by atoms with E-state index < -0.39 is 0 Å². The minimum Gasteiger partial charge on any atom is -0.393 e. The van der Waals surface area contributed by atoms with E-state index in [-0.39, 0.29) is 6.10 Å². The van der Waals surface area contributed by atoms with Gasteiger partial charge in [0.2, 0.25) is 0 Å². The predicted octanol–water partition coefficient (Wildman–Crippen LogP) is 2.21. The van der Waals surface area contributed by atoms with Crippen LogP contribution in [0.15, 0.2) is 0 Å². The average Bonchev–Trinajstić information content (AvgIpc) is 1.98. The molecule has 0 amide bonds. The van der Waals surface area contributed by atoms with Crippen molar-refractivity contribution in [3.63, 3.8) is 0 Å². The lowest BCUT2D eigenvalue weighted by Crippen LogP contribution is -2.11. The summed E-state index contributed by atoms with van der Waals surface area (Å²) in [6, 6.07) is 0. The zero-order valence-corrected chi connectivity index (χ0v) is 8.55. The van der Waals surface area contributed by atoms with E-state index in [0.29, 0.717) is 12.5 Å². The molecule has 12 heavy (non-hydrogen) atoms. The predicted molar refractivity (Wildman–Crippen MR) is 51.2 cm³/mol. The molecule has 0 radical (unpaired) electrons. The van der Waals surface area contributed by atoms with Crippen molar-refractivity contribution in [3.8, 4) is 0 Å². The highest BCUT2D eigenvalue weighted by Crippen LogP contribution is 2.02. The summed E-state index contributed by atoms with van der Waals surface area (Å²) in [5.74, 6) is 0.591. The number of ether oxygens (including phenoxy) is 1. The lowest BCUT2D eigenvalue weighted by molar-refractivity contribution is 0.0654. The first-order valence-corrected chi connectivity index (χ1v) is 4.92. The highest BCUT2D eigenvalue weighted by Gasteiger charge is 2.02. The van der Waals surface area contributed by atoms with Crippen molar-refractivity contribution in [2.24, 2.45) is 5.92 Å². The van der Waals surface area contributed by atoms with Crippen molar-refractivity contribution in [3.05, 3.63) is 0 Å². The Morgan fingerprint density at radius 1 is 1.25 bits per heavy atom. The monoisotopic (exact) mass is 174 g/mol. The molecular weight excluding hydrogens is 152 g/mol. The van der Waals surface area contributed by atoms with Crippen LogP contribution in [0.25, 0.3) is 0 Å². The molecule has 0 saturated carbocycles. The molecule has 0 rings (SSSR count). The molecule has 0 aromatic carbocycles. The summed E-state index contributed by atoms with van der Waals surface area (Å²) in [5, 5.41) is 9.33. The highest BCUT2D eigenvalue weighted by atomic mass is 16.5. The molecular formula is C10H22O2. The zero-order valence-electron chi connectivity index (χ0n) is 8.55. The van der Waals surface area contributed by atoms with E-state index in [1.165, 1.54) is 0 Å². The maximum absolute atomic E-state index is 9.33. The van der Waals surface area contributed by atoms with Crippen LogP contribution < -0.4 is 0 Å². The third-order valence-electron chi connectivity index (χ3n) is 1.67. The normalized spacial score (nSPS) is 13.8. The average molecular weight is 174 g/mol. The van der Waals surface area contributed by atoms with Crippen molar-refractivity contribution in [1.29, 1.82) is 0 Å². The van der Waals surface area contributed by atoms with Crippen molar-refractivity contribution < 1.29 is 9.84 Å². The van der Waals surface area contributed by atoms with Crippen LogP contribution in [0.1, 0.15) is 40.0 Å². The van der Waals surface area contributed by atoms with Gasteiger partial charge in [-0.15, -0.1) is 0 Å². The minimum absolute atomic E-state index is 0.165. The molecule has 0 heterocycles. The fraction of sp³-hybridized carbons (Fsp3) is 1.00. The smallest absolute Gasteiger partial charge is 0.0562 e. The van der Waals surface area contributed by atoms with Gasteiger partial charge in [0.1, 0.15) is 0 Å². The number of hydrogen-bond acceptors (Lipinski definition) is 2. The Bertz CT molecular complexity index is 91.8. The molecule has 2 heteroatoms. The Kier molecular flexibility index (Phi) is 7.51. The highest BCUT2D eigenvalue weighted by molar-refractivity contribution is 4.53. The van der Waals surface area contributed by atoms with E-state index in [1.54, 1.807) is 0 Å². The van der Waals surface area contributed by atoms with Crippen LogP contribution in [0.3, 0.4) is 0 Å². The van der Waals surface area contributed by atoms with Gasteiger partial charge in [-0.2, -0.15) is 0 Å². The Balaban J connectivity index is 3.08. The summed E-state index contributed by atoms with van der Waals surface area (Å²) in [7, 11) is 0. The summed E-state index contributed by atoms with van der Waals surface area (Å²) >= 11 is 0. The Morgan fingerprint density at radius 2 is 1.92 bits per heavy atom. The van der Waals surface area contributed by atoms with Gasteiger partial charge in [-0.1, -0.05) is 27.2 Å². The van der Waals surface area contributed by atoms with E-state index >= 15 is 0 Å². The van der Waals surface area contributed by atoms with Crippen molar-refractivity contribution >= 4 is 0 Å². The van der Waals surface area contributed by atoms with Gasteiger partial charge in [0.15, 0.2) is 0 Å². The molecule has 1 atom stereocenters. The molecule has 0 aliphatic carbocycles. The number of aliphatic hydroxyl groups is 1. The van der Waals surface area contributed by atoms with E-state index in [9.17, 15) is 5.11 Å². The fourth-order valence-corrected chi connectivity index (χ4v) is 1.02. The Morgan fingerprint density at radius 3 is 2.42 bits per heavy atom. The third kappa shape index (κ3) is 8.02.